The van der Waals surface area contributed by atoms with Gasteiger partial charge in [0.2, 0.25) is 0 Å². The highest BCUT2D eigenvalue weighted by Gasteiger charge is 2.17. The molecular weight excluding hydrogens is 245 g/mol. The minimum absolute atomic E-state index is 0.0467. The first-order valence-corrected chi connectivity index (χ1v) is 5.79. The molecule has 0 fully saturated rings. The summed E-state index contributed by atoms with van der Waals surface area (Å²) in [5.74, 6) is 6.30. The van der Waals surface area contributed by atoms with E-state index in [-0.39, 0.29) is 11.5 Å². The minimum atomic E-state index is -0.568. The highest BCUT2D eigenvalue weighted by Crippen LogP contribution is 2.28. The molecule has 0 amide bonds. The molecule has 0 aliphatic rings. The van der Waals surface area contributed by atoms with Crippen molar-refractivity contribution >= 4 is 5.82 Å². The summed E-state index contributed by atoms with van der Waals surface area (Å²) < 4.78 is 14.6. The van der Waals surface area contributed by atoms with Gasteiger partial charge < -0.3 is 11.6 Å². The fraction of sp³-hybridized carbons (Fsp3) is 0.231. The van der Waals surface area contributed by atoms with E-state index in [4.69, 9.17) is 16.8 Å². The van der Waals surface area contributed by atoms with Gasteiger partial charge in [-0.05, 0) is 18.2 Å². The average Bonchev–Trinajstić information content (AvgIpc) is 2.67. The first kappa shape index (κ1) is 12.9. The smallest absolute Gasteiger partial charge is 0.150 e. The van der Waals surface area contributed by atoms with E-state index in [1.165, 1.54) is 22.9 Å². The number of hydrogen-bond donors (Lipinski definition) is 2. The van der Waals surface area contributed by atoms with Crippen molar-refractivity contribution in [2.45, 2.75) is 19.8 Å². The third-order valence-corrected chi connectivity index (χ3v) is 2.85. The maximum Gasteiger partial charge on any atom is 0.150 e. The molecular formula is C13H14FN5. The van der Waals surface area contributed by atoms with Gasteiger partial charge >= 0.3 is 0 Å². The largest absolute Gasteiger partial charge is 0.382 e. The summed E-state index contributed by atoms with van der Waals surface area (Å²) in [4.78, 5) is 4.37. The third-order valence-electron chi connectivity index (χ3n) is 2.85. The summed E-state index contributed by atoms with van der Waals surface area (Å²) in [5, 5.41) is 8.84. The number of imidazole rings is 1. The van der Waals surface area contributed by atoms with Gasteiger partial charge in [-0.1, -0.05) is 13.8 Å². The van der Waals surface area contributed by atoms with Crippen LogP contribution < -0.4 is 11.6 Å². The first-order valence-electron chi connectivity index (χ1n) is 5.79. The first-order chi connectivity index (χ1) is 8.95. The third kappa shape index (κ3) is 2.10. The van der Waals surface area contributed by atoms with Crippen LogP contribution in [0.4, 0.5) is 10.2 Å². The number of rotatable bonds is 2. The maximum absolute atomic E-state index is 13.3. The zero-order valence-electron chi connectivity index (χ0n) is 10.7. The van der Waals surface area contributed by atoms with Crippen LogP contribution >= 0.6 is 0 Å². The van der Waals surface area contributed by atoms with Crippen LogP contribution in [0.15, 0.2) is 18.2 Å². The molecule has 0 aliphatic carbocycles. The zero-order chi connectivity index (χ0) is 14.2. The van der Waals surface area contributed by atoms with Gasteiger partial charge in [0.25, 0.3) is 0 Å². The van der Waals surface area contributed by atoms with Gasteiger partial charge in [-0.3, -0.25) is 0 Å². The molecule has 2 aromatic rings. The second-order valence-electron chi connectivity index (χ2n) is 4.53. The highest BCUT2D eigenvalue weighted by molar-refractivity contribution is 5.72. The molecule has 0 aliphatic heterocycles. The molecule has 0 radical (unpaired) electrons. The van der Waals surface area contributed by atoms with E-state index in [9.17, 15) is 4.39 Å². The summed E-state index contributed by atoms with van der Waals surface area (Å²) in [7, 11) is 0. The summed E-state index contributed by atoms with van der Waals surface area (Å²) in [6.45, 7) is 3.89. The van der Waals surface area contributed by atoms with Crippen LogP contribution in [0.2, 0.25) is 0 Å². The number of anilines is 1. The second-order valence-corrected chi connectivity index (χ2v) is 4.53. The fourth-order valence-electron chi connectivity index (χ4n) is 1.84. The average molecular weight is 259 g/mol. The minimum Gasteiger partial charge on any atom is -0.382 e. The van der Waals surface area contributed by atoms with Crippen molar-refractivity contribution in [3.8, 4) is 17.3 Å². The number of nitrogen functional groups attached to an aromatic ring is 2. The fourth-order valence-corrected chi connectivity index (χ4v) is 1.84. The molecule has 0 unspecified atom stereocenters. The van der Waals surface area contributed by atoms with Gasteiger partial charge in [0.15, 0.2) is 5.82 Å². The van der Waals surface area contributed by atoms with E-state index < -0.39 is 5.82 Å². The Kier molecular flexibility index (Phi) is 3.13. The molecule has 98 valence electrons. The molecule has 6 heteroatoms. The molecule has 1 aromatic carbocycles. The Bertz CT molecular complexity index is 666. The van der Waals surface area contributed by atoms with E-state index >= 15 is 0 Å². The molecule has 19 heavy (non-hydrogen) atoms. The van der Waals surface area contributed by atoms with Crippen LogP contribution in [0.3, 0.4) is 0 Å². The van der Waals surface area contributed by atoms with Gasteiger partial charge in [0.05, 0.1) is 5.56 Å². The van der Waals surface area contributed by atoms with Crippen molar-refractivity contribution in [3.63, 3.8) is 0 Å². The van der Waals surface area contributed by atoms with E-state index in [1.54, 1.807) is 6.07 Å². The van der Waals surface area contributed by atoms with Crippen molar-refractivity contribution in [1.29, 1.82) is 5.26 Å². The number of hydrogen-bond acceptors (Lipinski definition) is 4. The van der Waals surface area contributed by atoms with Crippen LogP contribution in [0.25, 0.3) is 11.3 Å². The predicted molar refractivity (Wildman–Crippen MR) is 71.0 cm³/mol. The number of benzene rings is 1. The van der Waals surface area contributed by atoms with E-state index in [0.29, 0.717) is 22.9 Å². The summed E-state index contributed by atoms with van der Waals surface area (Å²) >= 11 is 0. The van der Waals surface area contributed by atoms with Gasteiger partial charge in [-0.15, -0.1) is 0 Å². The van der Waals surface area contributed by atoms with Gasteiger partial charge in [0.1, 0.15) is 23.4 Å². The Morgan fingerprint density at radius 2 is 2.11 bits per heavy atom. The number of nitrogens with two attached hydrogens (primary N) is 2. The number of nitrogens with zero attached hydrogens (tertiary/aromatic N) is 3. The van der Waals surface area contributed by atoms with Crippen LogP contribution in [0, 0.1) is 17.1 Å². The van der Waals surface area contributed by atoms with Gasteiger partial charge in [0, 0.05) is 11.5 Å². The zero-order valence-corrected chi connectivity index (χ0v) is 10.7. The van der Waals surface area contributed by atoms with Crippen molar-refractivity contribution in [1.82, 2.24) is 9.66 Å². The van der Waals surface area contributed by atoms with E-state index in [2.05, 4.69) is 4.98 Å². The Morgan fingerprint density at radius 1 is 1.42 bits per heavy atom. The Hall–Kier alpha value is -2.55. The summed E-state index contributed by atoms with van der Waals surface area (Å²) in [5.41, 5.74) is 6.89. The lowest BCUT2D eigenvalue weighted by Gasteiger charge is -2.04. The van der Waals surface area contributed by atoms with Crippen LogP contribution in [0.1, 0.15) is 31.2 Å². The van der Waals surface area contributed by atoms with Crippen LogP contribution in [0.5, 0.6) is 0 Å². The lowest BCUT2D eigenvalue weighted by atomic mass is 10.1. The molecule has 0 saturated carbocycles. The van der Waals surface area contributed by atoms with E-state index in [0.717, 1.165) is 0 Å². The molecule has 0 atom stereocenters. The quantitative estimate of drug-likeness (QED) is 0.806. The van der Waals surface area contributed by atoms with Crippen molar-refractivity contribution in [2.75, 3.05) is 11.6 Å². The monoisotopic (exact) mass is 259 g/mol. The van der Waals surface area contributed by atoms with Gasteiger partial charge in [-0.2, -0.15) is 5.26 Å². The van der Waals surface area contributed by atoms with Crippen LogP contribution in [-0.2, 0) is 0 Å². The lowest BCUT2D eigenvalue weighted by Crippen LogP contribution is -2.16. The number of halogens is 1. The highest BCUT2D eigenvalue weighted by atomic mass is 19.1. The topological polar surface area (TPSA) is 93.6 Å². The maximum atomic E-state index is 13.3. The Morgan fingerprint density at radius 3 is 2.63 bits per heavy atom. The molecule has 4 N–H and O–H groups in total. The number of aromatic nitrogens is 2. The normalized spacial score (nSPS) is 10.7. The summed E-state index contributed by atoms with van der Waals surface area (Å²) in [6.07, 6.45) is 0. The van der Waals surface area contributed by atoms with Crippen LogP contribution in [-0.4, -0.2) is 9.66 Å². The van der Waals surface area contributed by atoms with Crippen molar-refractivity contribution in [3.05, 3.63) is 35.4 Å². The van der Waals surface area contributed by atoms with Crippen molar-refractivity contribution < 1.29 is 4.39 Å². The Balaban J connectivity index is 2.60. The van der Waals surface area contributed by atoms with E-state index in [1.807, 2.05) is 13.8 Å². The van der Waals surface area contributed by atoms with Crippen molar-refractivity contribution in [2.24, 2.45) is 0 Å². The lowest BCUT2D eigenvalue weighted by molar-refractivity contribution is 0.624. The number of nitriles is 1. The van der Waals surface area contributed by atoms with Gasteiger partial charge in [-0.25, -0.2) is 14.1 Å². The standard InChI is InChI=1S/C13H14FN5/c1-7(2)13-18-11(12(16)19(13)17)8-3-4-10(14)9(5-8)6-15/h3-5,7H,16-17H2,1-2H3. The Labute approximate surface area is 110 Å². The molecule has 1 heterocycles. The molecule has 1 aromatic heterocycles. The SMILES string of the molecule is CC(C)c1nc(-c2ccc(F)c(C#N)c2)c(N)n1N. The molecule has 0 saturated heterocycles. The molecule has 0 spiro atoms. The summed E-state index contributed by atoms with van der Waals surface area (Å²) in [6, 6.07) is 5.95. The second kappa shape index (κ2) is 4.61. The molecule has 2 rings (SSSR count). The molecule has 5 nitrogen and oxygen atoms in total. The molecule has 0 bridgehead atoms. The predicted octanol–water partition coefficient (Wildman–Crippen LogP) is 1.98.